The van der Waals surface area contributed by atoms with Crippen molar-refractivity contribution in [3.63, 3.8) is 0 Å². The van der Waals surface area contributed by atoms with Crippen LogP contribution in [0.5, 0.6) is 0 Å². The predicted molar refractivity (Wildman–Crippen MR) is 57.1 cm³/mol. The lowest BCUT2D eigenvalue weighted by Gasteiger charge is -1.99. The Morgan fingerprint density at radius 1 is 1.38 bits per heavy atom. The minimum atomic E-state index is -0.892. The number of aromatic carboxylic acids is 1. The first-order chi connectivity index (χ1) is 6.24. The van der Waals surface area contributed by atoms with E-state index in [2.05, 4.69) is 0 Å². The second-order valence-electron chi connectivity index (χ2n) is 2.57. The third-order valence-electron chi connectivity index (χ3n) is 1.67. The van der Waals surface area contributed by atoms with Gasteiger partial charge in [-0.15, -0.1) is 0 Å². The zero-order valence-corrected chi connectivity index (χ0v) is 9.02. The molecule has 0 aliphatic rings. The molecule has 13 heavy (non-hydrogen) atoms. The monoisotopic (exact) mass is 292 g/mol. The summed E-state index contributed by atoms with van der Waals surface area (Å²) in [5, 5.41) is 8.63. The maximum Gasteiger partial charge on any atom is 0.335 e. The van der Waals surface area contributed by atoms with Crippen LogP contribution in [0.2, 0.25) is 0 Å². The van der Waals surface area contributed by atoms with Crippen LogP contribution in [0.4, 0.5) is 0 Å². The van der Waals surface area contributed by atoms with Gasteiger partial charge in [-0.3, -0.25) is 0 Å². The molecule has 0 radical (unpaired) electrons. The van der Waals surface area contributed by atoms with E-state index < -0.39 is 5.97 Å². The average molecular weight is 292 g/mol. The van der Waals surface area contributed by atoms with Crippen molar-refractivity contribution in [3.8, 4) is 0 Å². The summed E-state index contributed by atoms with van der Waals surface area (Å²) in [5.41, 5.74) is 1.40. The van der Waals surface area contributed by atoms with Gasteiger partial charge in [0.25, 0.3) is 0 Å². The van der Waals surface area contributed by atoms with E-state index in [1.54, 1.807) is 24.3 Å². The fourth-order valence-electron chi connectivity index (χ4n) is 0.970. The van der Waals surface area contributed by atoms with Crippen LogP contribution in [0.1, 0.15) is 15.9 Å². The number of carboxylic acid groups (broad SMARTS) is 1. The molecule has 1 aromatic rings. The van der Waals surface area contributed by atoms with Crippen LogP contribution in [0.15, 0.2) is 24.3 Å². The van der Waals surface area contributed by atoms with Crippen LogP contribution in [-0.4, -0.2) is 17.7 Å². The van der Waals surface area contributed by atoms with Crippen molar-refractivity contribution in [1.29, 1.82) is 0 Å². The van der Waals surface area contributed by atoms with E-state index in [0.29, 0.717) is 12.2 Å². The van der Waals surface area contributed by atoms with Gasteiger partial charge in [0.1, 0.15) is 23.0 Å². The fraction of sp³-hybridized carbons (Fsp3) is 0.222. The van der Waals surface area contributed by atoms with Gasteiger partial charge in [-0.2, -0.15) is 0 Å². The average Bonchev–Trinajstić information content (AvgIpc) is 2.15. The van der Waals surface area contributed by atoms with Gasteiger partial charge in [0, 0.05) is 0 Å². The first-order valence-corrected chi connectivity index (χ1v) is 4.68. The Labute approximate surface area is 90.4 Å². The molecule has 1 rings (SSSR count). The molecule has 1 N–H and O–H groups in total. The van der Waals surface area contributed by atoms with E-state index in [4.69, 9.17) is 8.17 Å². The third kappa shape index (κ3) is 3.31. The lowest BCUT2D eigenvalue weighted by Crippen LogP contribution is -1.97. The van der Waals surface area contributed by atoms with Gasteiger partial charge >= 0.3 is 5.97 Å². The largest absolute Gasteiger partial charge is 0.478 e. The highest BCUT2D eigenvalue weighted by molar-refractivity contribution is 14.1. The van der Waals surface area contributed by atoms with Gasteiger partial charge in [0.15, 0.2) is 0 Å². The Morgan fingerprint density at radius 2 is 2.00 bits per heavy atom. The summed E-state index contributed by atoms with van der Waals surface area (Å²) >= 11 is 1.84. The summed E-state index contributed by atoms with van der Waals surface area (Å²) in [6, 6.07) is 6.81. The van der Waals surface area contributed by atoms with Crippen LogP contribution in [0.3, 0.4) is 0 Å². The zero-order chi connectivity index (χ0) is 9.68. The molecule has 0 spiro atoms. The molecule has 0 aliphatic heterocycles. The highest BCUT2D eigenvalue weighted by atomic mass is 127. The number of benzene rings is 1. The molecule has 0 aromatic heterocycles. The number of halogens is 1. The van der Waals surface area contributed by atoms with Crippen LogP contribution in [0, 0.1) is 0 Å². The molecule has 0 heterocycles. The quantitative estimate of drug-likeness (QED) is 0.866. The lowest BCUT2D eigenvalue weighted by atomic mass is 10.1. The molecule has 70 valence electrons. The van der Waals surface area contributed by atoms with Gasteiger partial charge in [-0.1, -0.05) is 12.1 Å². The Balaban J connectivity index is 2.64. The number of hydrogen-bond donors (Lipinski definition) is 1. The molecule has 0 fully saturated rings. The van der Waals surface area contributed by atoms with Crippen molar-refractivity contribution in [3.05, 3.63) is 35.4 Å². The molecule has 1 aromatic carbocycles. The second-order valence-corrected chi connectivity index (χ2v) is 3.19. The summed E-state index contributed by atoms with van der Waals surface area (Å²) in [5.74, 6) is -0.892. The first-order valence-electron chi connectivity index (χ1n) is 3.80. The van der Waals surface area contributed by atoms with E-state index in [1.807, 2.05) is 23.0 Å². The normalized spacial score (nSPS) is 9.92. The Bertz CT molecular complexity index is 281. The number of carbonyl (C=O) groups is 1. The van der Waals surface area contributed by atoms with Crippen molar-refractivity contribution in [2.75, 3.05) is 6.61 Å². The molecule has 4 heteroatoms. The van der Waals surface area contributed by atoms with E-state index in [9.17, 15) is 4.79 Å². The van der Waals surface area contributed by atoms with Crippen LogP contribution in [-0.2, 0) is 9.49 Å². The highest BCUT2D eigenvalue weighted by Crippen LogP contribution is 2.05. The van der Waals surface area contributed by atoms with Crippen molar-refractivity contribution >= 4 is 29.0 Å². The van der Waals surface area contributed by atoms with E-state index in [0.717, 1.165) is 12.0 Å². The summed E-state index contributed by atoms with van der Waals surface area (Å²) in [6.07, 6.45) is 0.808. The molecule has 0 saturated carbocycles. The van der Waals surface area contributed by atoms with Crippen LogP contribution >= 0.6 is 23.0 Å². The van der Waals surface area contributed by atoms with Gasteiger partial charge in [-0.25, -0.2) is 4.79 Å². The van der Waals surface area contributed by atoms with Crippen molar-refractivity contribution in [2.24, 2.45) is 0 Å². The van der Waals surface area contributed by atoms with E-state index in [1.165, 1.54) is 0 Å². The minimum absolute atomic E-state index is 0.319. The van der Waals surface area contributed by atoms with E-state index >= 15 is 0 Å². The summed E-state index contributed by atoms with van der Waals surface area (Å²) in [4.78, 5) is 10.5. The maximum absolute atomic E-state index is 10.5. The SMILES string of the molecule is O=C(O)c1ccc(CCOI)cc1. The van der Waals surface area contributed by atoms with Gasteiger partial charge < -0.3 is 8.17 Å². The molecular weight excluding hydrogens is 283 g/mol. The second kappa shape index (κ2) is 5.18. The summed E-state index contributed by atoms with van der Waals surface area (Å²) in [6.45, 7) is 0.646. The Kier molecular flexibility index (Phi) is 4.17. The van der Waals surface area contributed by atoms with Crippen LogP contribution < -0.4 is 0 Å². The topological polar surface area (TPSA) is 46.5 Å². The number of hydrogen-bond acceptors (Lipinski definition) is 2. The lowest BCUT2D eigenvalue weighted by molar-refractivity contribution is 0.0697. The standard InChI is InChI=1S/C9H9IO3/c10-13-6-5-7-1-3-8(4-2-7)9(11)12/h1-4H,5-6H2,(H,11,12). The van der Waals surface area contributed by atoms with Gasteiger partial charge in [0.05, 0.1) is 12.2 Å². The first kappa shape index (κ1) is 10.5. The summed E-state index contributed by atoms with van der Waals surface area (Å²) in [7, 11) is 0. The smallest absolute Gasteiger partial charge is 0.335 e. The molecule has 0 atom stereocenters. The van der Waals surface area contributed by atoms with Crippen LogP contribution in [0.25, 0.3) is 0 Å². The molecule has 0 unspecified atom stereocenters. The van der Waals surface area contributed by atoms with Crippen molar-refractivity contribution in [1.82, 2.24) is 0 Å². The zero-order valence-electron chi connectivity index (χ0n) is 6.87. The molecule has 3 nitrogen and oxygen atoms in total. The number of carboxylic acids is 1. The van der Waals surface area contributed by atoms with E-state index in [-0.39, 0.29) is 0 Å². The van der Waals surface area contributed by atoms with Gasteiger partial charge in [0.2, 0.25) is 0 Å². The van der Waals surface area contributed by atoms with Crippen molar-refractivity contribution < 1.29 is 13.0 Å². The Morgan fingerprint density at radius 3 is 2.46 bits per heavy atom. The third-order valence-corrected chi connectivity index (χ3v) is 2.11. The molecule has 0 saturated heterocycles. The maximum atomic E-state index is 10.5. The number of rotatable bonds is 4. The molecule has 0 bridgehead atoms. The Hall–Kier alpha value is -0.620. The molecule has 0 aliphatic carbocycles. The predicted octanol–water partition coefficient (Wildman–Crippen LogP) is 2.29. The molecule has 0 amide bonds. The summed E-state index contributed by atoms with van der Waals surface area (Å²) < 4.78 is 4.88. The minimum Gasteiger partial charge on any atom is -0.478 e. The molecular formula is C9H9IO3. The van der Waals surface area contributed by atoms with Crippen molar-refractivity contribution in [2.45, 2.75) is 6.42 Å². The van der Waals surface area contributed by atoms with Gasteiger partial charge in [-0.05, 0) is 24.1 Å². The fourth-order valence-corrected chi connectivity index (χ4v) is 1.19. The highest BCUT2D eigenvalue weighted by Gasteiger charge is 2.00.